The molecule has 4 atom stereocenters. The SMILES string of the molecule is O=C(O)CC(C(=O)O)N1C(=O)CC(O)(CC(=O)O)C1=O.O=C(O)CC1(O)CC(=O)N(C2CCCC2=O)C1=O. The number of carboxylic acids is 4. The lowest BCUT2D eigenvalue weighted by Crippen LogP contribution is -2.49. The Labute approximate surface area is 212 Å². The van der Waals surface area contributed by atoms with E-state index in [1.165, 1.54) is 0 Å². The van der Waals surface area contributed by atoms with E-state index in [1.807, 2.05) is 0 Å². The van der Waals surface area contributed by atoms with Gasteiger partial charge in [-0.1, -0.05) is 0 Å². The number of rotatable bonds is 9. The van der Waals surface area contributed by atoms with Crippen molar-refractivity contribution < 1.29 is 73.8 Å². The first kappa shape index (κ1) is 30.0. The standard InChI is InChI=1S/C11H13NO6.C10H11NO9/c13-7-3-1-2-6(7)12-8(14)4-11(18,10(12)17)5-9(15)16;12-5-2-10(20,3-7(15)16)9(19)11(5)4(8(17)18)1-6(13)14/h6,18H,1-5H2,(H,15,16);4,20H,1-3H2,(H,13,14)(H,15,16)(H,17,18). The van der Waals surface area contributed by atoms with E-state index in [2.05, 4.69) is 0 Å². The molecule has 2 saturated heterocycles. The number of aliphatic hydroxyl groups is 2. The lowest BCUT2D eigenvalue weighted by molar-refractivity contribution is -0.162. The van der Waals surface area contributed by atoms with E-state index in [0.29, 0.717) is 19.3 Å². The molecule has 17 nitrogen and oxygen atoms in total. The minimum absolute atomic E-state index is 0.0966. The number of hydrogen-bond acceptors (Lipinski definition) is 11. The van der Waals surface area contributed by atoms with E-state index >= 15 is 0 Å². The maximum atomic E-state index is 11.9. The topological polar surface area (TPSA) is 281 Å². The average molecular weight is 544 g/mol. The molecule has 6 N–H and O–H groups in total. The maximum absolute atomic E-state index is 11.9. The second-order valence-corrected chi connectivity index (χ2v) is 9.02. The number of amides is 4. The first-order valence-corrected chi connectivity index (χ1v) is 11.0. The summed E-state index contributed by atoms with van der Waals surface area (Å²) in [5, 5.41) is 54.4. The predicted octanol–water partition coefficient (Wildman–Crippen LogP) is -3.05. The summed E-state index contributed by atoms with van der Waals surface area (Å²) in [5.41, 5.74) is -4.75. The van der Waals surface area contributed by atoms with Gasteiger partial charge in [0.05, 0.1) is 38.1 Å². The van der Waals surface area contributed by atoms with Crippen LogP contribution >= 0.6 is 0 Å². The molecule has 1 saturated carbocycles. The van der Waals surface area contributed by atoms with Gasteiger partial charge in [0.1, 0.15) is 6.04 Å². The van der Waals surface area contributed by atoms with Crippen LogP contribution in [0, 0.1) is 0 Å². The van der Waals surface area contributed by atoms with Gasteiger partial charge in [0.25, 0.3) is 11.8 Å². The Kier molecular flexibility index (Phi) is 8.69. The van der Waals surface area contributed by atoms with E-state index < -0.39 is 103 Å². The van der Waals surface area contributed by atoms with Crippen LogP contribution < -0.4 is 0 Å². The summed E-state index contributed by atoms with van der Waals surface area (Å²) in [6.07, 6.45) is -3.13. The van der Waals surface area contributed by atoms with Gasteiger partial charge in [-0.25, -0.2) is 4.79 Å². The first-order chi connectivity index (χ1) is 17.4. The van der Waals surface area contributed by atoms with Crippen molar-refractivity contribution in [1.82, 2.24) is 9.80 Å². The minimum Gasteiger partial charge on any atom is -0.481 e. The Morgan fingerprint density at radius 2 is 1.29 bits per heavy atom. The fourth-order valence-electron chi connectivity index (χ4n) is 4.43. The summed E-state index contributed by atoms with van der Waals surface area (Å²) >= 11 is 0. The van der Waals surface area contributed by atoms with Crippen LogP contribution in [0.4, 0.5) is 0 Å². The smallest absolute Gasteiger partial charge is 0.327 e. The highest BCUT2D eigenvalue weighted by Crippen LogP contribution is 2.33. The van der Waals surface area contributed by atoms with Gasteiger partial charge in [-0.15, -0.1) is 0 Å². The molecule has 3 aliphatic rings. The molecule has 4 unspecified atom stereocenters. The van der Waals surface area contributed by atoms with Crippen molar-refractivity contribution in [3.05, 3.63) is 0 Å². The largest absolute Gasteiger partial charge is 0.481 e. The zero-order valence-electron chi connectivity index (χ0n) is 19.6. The Bertz CT molecular complexity index is 1120. The number of imide groups is 2. The quantitative estimate of drug-likeness (QED) is 0.157. The molecule has 0 aromatic carbocycles. The van der Waals surface area contributed by atoms with Crippen molar-refractivity contribution in [2.24, 2.45) is 0 Å². The van der Waals surface area contributed by atoms with E-state index in [4.69, 9.17) is 20.4 Å². The molecule has 2 aliphatic heterocycles. The number of Topliss-reactive ketones (excluding diaryl/α,β-unsaturated/α-hetero) is 1. The summed E-state index contributed by atoms with van der Waals surface area (Å²) in [6.45, 7) is 0. The average Bonchev–Trinajstić information content (AvgIpc) is 3.32. The molecular formula is C21H24N2O15. The van der Waals surface area contributed by atoms with Crippen LogP contribution in [0.2, 0.25) is 0 Å². The molecular weight excluding hydrogens is 520 g/mol. The van der Waals surface area contributed by atoms with Crippen molar-refractivity contribution in [3.8, 4) is 0 Å². The molecule has 1 aliphatic carbocycles. The van der Waals surface area contributed by atoms with Crippen LogP contribution in [0.15, 0.2) is 0 Å². The van der Waals surface area contributed by atoms with Gasteiger partial charge >= 0.3 is 23.9 Å². The zero-order valence-corrected chi connectivity index (χ0v) is 19.6. The fourth-order valence-corrected chi connectivity index (χ4v) is 4.43. The number of carbonyl (C=O) groups excluding carboxylic acids is 5. The van der Waals surface area contributed by atoms with Gasteiger partial charge in [0.2, 0.25) is 11.8 Å². The summed E-state index contributed by atoms with van der Waals surface area (Å²) in [7, 11) is 0. The molecule has 4 amide bonds. The van der Waals surface area contributed by atoms with E-state index in [1.54, 1.807) is 0 Å². The Morgan fingerprint density at radius 3 is 1.71 bits per heavy atom. The van der Waals surface area contributed by atoms with E-state index in [9.17, 15) is 53.4 Å². The van der Waals surface area contributed by atoms with Gasteiger partial charge in [0.15, 0.2) is 17.0 Å². The number of carboxylic acid groups (broad SMARTS) is 4. The van der Waals surface area contributed by atoms with Crippen LogP contribution in [-0.2, 0) is 43.2 Å². The van der Waals surface area contributed by atoms with Gasteiger partial charge in [-0.3, -0.25) is 48.2 Å². The first-order valence-electron chi connectivity index (χ1n) is 11.0. The Morgan fingerprint density at radius 1 is 0.789 bits per heavy atom. The normalized spacial score (nSPS) is 27.8. The summed E-state index contributed by atoms with van der Waals surface area (Å²) in [4.78, 5) is 102. The monoisotopic (exact) mass is 544 g/mol. The molecule has 0 aromatic rings. The van der Waals surface area contributed by atoms with Crippen molar-refractivity contribution in [2.75, 3.05) is 0 Å². The molecule has 3 fully saturated rings. The van der Waals surface area contributed by atoms with E-state index in [0.717, 1.165) is 4.90 Å². The maximum Gasteiger partial charge on any atom is 0.327 e. The third-order valence-corrected chi connectivity index (χ3v) is 6.09. The van der Waals surface area contributed by atoms with Gasteiger partial charge in [-0.05, 0) is 12.8 Å². The number of carbonyl (C=O) groups is 9. The third kappa shape index (κ3) is 6.17. The van der Waals surface area contributed by atoms with Crippen molar-refractivity contribution in [1.29, 1.82) is 0 Å². The van der Waals surface area contributed by atoms with Crippen molar-refractivity contribution in [3.63, 3.8) is 0 Å². The molecule has 0 spiro atoms. The molecule has 0 bridgehead atoms. The minimum atomic E-state index is -2.55. The fraction of sp³-hybridized carbons (Fsp3) is 0.571. The number of nitrogens with zero attached hydrogens (tertiary/aromatic N) is 2. The predicted molar refractivity (Wildman–Crippen MR) is 114 cm³/mol. The lowest BCUT2D eigenvalue weighted by atomic mass is 9.98. The Balaban J connectivity index is 0.000000268. The highest BCUT2D eigenvalue weighted by molar-refractivity contribution is 6.12. The van der Waals surface area contributed by atoms with E-state index in [-0.39, 0.29) is 10.7 Å². The van der Waals surface area contributed by atoms with Crippen LogP contribution in [-0.4, -0.2) is 117 Å². The second kappa shape index (κ2) is 11.0. The summed E-state index contributed by atoms with van der Waals surface area (Å²) in [6, 6.07) is -2.82. The molecule has 38 heavy (non-hydrogen) atoms. The highest BCUT2D eigenvalue weighted by Gasteiger charge is 2.56. The van der Waals surface area contributed by atoms with Crippen molar-refractivity contribution >= 4 is 53.3 Å². The van der Waals surface area contributed by atoms with Crippen LogP contribution in [0.25, 0.3) is 0 Å². The van der Waals surface area contributed by atoms with Crippen LogP contribution in [0.3, 0.4) is 0 Å². The van der Waals surface area contributed by atoms with Gasteiger partial charge < -0.3 is 30.6 Å². The number of ketones is 1. The molecule has 3 rings (SSSR count). The summed E-state index contributed by atoms with van der Waals surface area (Å²) in [5.74, 6) is -10.6. The highest BCUT2D eigenvalue weighted by atomic mass is 16.4. The number of hydrogen-bond donors (Lipinski definition) is 6. The van der Waals surface area contributed by atoms with Crippen LogP contribution in [0.1, 0.15) is 51.4 Å². The Hall–Kier alpha value is -4.25. The third-order valence-electron chi connectivity index (χ3n) is 6.09. The molecule has 0 aromatic heterocycles. The molecule has 17 heteroatoms. The molecule has 0 radical (unpaired) electrons. The van der Waals surface area contributed by atoms with Gasteiger partial charge in [-0.2, -0.15) is 0 Å². The second-order valence-electron chi connectivity index (χ2n) is 9.02. The molecule has 2 heterocycles. The van der Waals surface area contributed by atoms with Crippen LogP contribution in [0.5, 0.6) is 0 Å². The molecule has 208 valence electrons. The lowest BCUT2D eigenvalue weighted by Gasteiger charge is -2.23. The summed E-state index contributed by atoms with van der Waals surface area (Å²) < 4.78 is 0. The number of likely N-dealkylation sites (tertiary alicyclic amines) is 2. The van der Waals surface area contributed by atoms with Crippen molar-refractivity contribution in [2.45, 2.75) is 74.7 Å². The zero-order chi connectivity index (χ0) is 29.2. The number of aliphatic carboxylic acids is 4. The van der Waals surface area contributed by atoms with Gasteiger partial charge in [0, 0.05) is 6.42 Å².